The van der Waals surface area contributed by atoms with E-state index in [9.17, 15) is 24.2 Å². The van der Waals surface area contributed by atoms with E-state index in [1.54, 1.807) is 54.3 Å². The van der Waals surface area contributed by atoms with Crippen LogP contribution in [0.25, 0.3) is 11.1 Å². The van der Waals surface area contributed by atoms with Gasteiger partial charge in [-0.2, -0.15) is 0 Å². The maximum Gasteiger partial charge on any atom is 0.335 e. The van der Waals surface area contributed by atoms with Crippen molar-refractivity contribution in [2.75, 3.05) is 26.7 Å². The molecule has 2 aromatic carbocycles. The van der Waals surface area contributed by atoms with Crippen molar-refractivity contribution in [2.24, 2.45) is 5.92 Å². The number of rotatable bonds is 8. The van der Waals surface area contributed by atoms with Crippen molar-refractivity contribution < 1.29 is 28.9 Å². The SMILES string of the molecule is C[C@H](CO)N1C[C@H](C)[C@H](CN(C)Cc2cccc(C(=O)O)c2)Oc2ncc(-c3ccccc3F)cc2C1=O. The van der Waals surface area contributed by atoms with Gasteiger partial charge in [0.1, 0.15) is 17.5 Å². The van der Waals surface area contributed by atoms with Crippen LogP contribution in [0.3, 0.4) is 0 Å². The molecule has 9 heteroatoms. The Balaban J connectivity index is 1.64. The van der Waals surface area contributed by atoms with Crippen LogP contribution in [0.2, 0.25) is 0 Å². The molecule has 2 heterocycles. The molecule has 3 atom stereocenters. The van der Waals surface area contributed by atoms with Crippen molar-refractivity contribution in [3.63, 3.8) is 0 Å². The normalized spacial score (nSPS) is 18.4. The minimum Gasteiger partial charge on any atom is -0.478 e. The first-order chi connectivity index (χ1) is 18.2. The number of hydrogen-bond donors (Lipinski definition) is 2. The summed E-state index contributed by atoms with van der Waals surface area (Å²) in [5.41, 5.74) is 2.07. The third kappa shape index (κ3) is 6.00. The van der Waals surface area contributed by atoms with Crippen LogP contribution in [-0.2, 0) is 6.54 Å². The average molecular weight is 522 g/mol. The molecule has 0 fully saturated rings. The maximum atomic E-state index is 14.5. The van der Waals surface area contributed by atoms with E-state index < -0.39 is 17.8 Å². The summed E-state index contributed by atoms with van der Waals surface area (Å²) in [7, 11) is 1.91. The number of hydrogen-bond acceptors (Lipinski definition) is 6. The Hall–Kier alpha value is -3.82. The molecule has 2 N–H and O–H groups in total. The Morgan fingerprint density at radius 2 is 1.97 bits per heavy atom. The van der Waals surface area contributed by atoms with Crippen LogP contribution in [-0.4, -0.2) is 75.8 Å². The highest BCUT2D eigenvalue weighted by molar-refractivity contribution is 5.98. The number of fused-ring (bicyclic) bond motifs is 1. The van der Waals surface area contributed by atoms with Gasteiger partial charge in [-0.25, -0.2) is 14.2 Å². The molecule has 0 aliphatic carbocycles. The summed E-state index contributed by atoms with van der Waals surface area (Å²) < 4.78 is 20.8. The molecule has 0 unspecified atom stereocenters. The number of carbonyl (C=O) groups excluding carboxylic acids is 1. The van der Waals surface area contributed by atoms with E-state index in [1.807, 2.05) is 24.9 Å². The first-order valence-electron chi connectivity index (χ1n) is 12.5. The molecule has 0 spiro atoms. The molecule has 0 saturated carbocycles. The zero-order chi connectivity index (χ0) is 27.4. The van der Waals surface area contributed by atoms with Gasteiger partial charge in [-0.3, -0.25) is 9.69 Å². The number of aromatic nitrogens is 1. The lowest BCUT2D eigenvalue weighted by molar-refractivity contribution is 0.0325. The van der Waals surface area contributed by atoms with Crippen molar-refractivity contribution in [3.8, 4) is 17.0 Å². The Kier molecular flexibility index (Phi) is 8.38. The Morgan fingerprint density at radius 3 is 2.68 bits per heavy atom. The van der Waals surface area contributed by atoms with Crippen LogP contribution in [0.15, 0.2) is 60.8 Å². The van der Waals surface area contributed by atoms with Crippen LogP contribution < -0.4 is 4.74 Å². The van der Waals surface area contributed by atoms with E-state index in [4.69, 9.17) is 4.74 Å². The molecule has 38 heavy (non-hydrogen) atoms. The van der Waals surface area contributed by atoms with Gasteiger partial charge in [-0.15, -0.1) is 0 Å². The molecular formula is C29H32FN3O5. The fourth-order valence-corrected chi connectivity index (χ4v) is 4.65. The number of halogens is 1. The second kappa shape index (κ2) is 11.7. The molecule has 0 radical (unpaired) electrons. The first kappa shape index (κ1) is 27.2. The van der Waals surface area contributed by atoms with E-state index in [0.717, 1.165) is 5.56 Å². The third-order valence-electron chi connectivity index (χ3n) is 6.82. The molecule has 0 saturated heterocycles. The topological polar surface area (TPSA) is 103 Å². The highest BCUT2D eigenvalue weighted by Gasteiger charge is 2.34. The zero-order valence-electron chi connectivity index (χ0n) is 21.7. The average Bonchev–Trinajstić information content (AvgIpc) is 2.90. The number of amides is 1. The molecule has 1 aromatic heterocycles. The zero-order valence-corrected chi connectivity index (χ0v) is 21.7. The van der Waals surface area contributed by atoms with Gasteiger partial charge in [-0.05, 0) is 43.8 Å². The summed E-state index contributed by atoms with van der Waals surface area (Å²) in [6.07, 6.45) is 1.13. The van der Waals surface area contributed by atoms with E-state index in [1.165, 1.54) is 12.3 Å². The van der Waals surface area contributed by atoms with E-state index >= 15 is 0 Å². The van der Waals surface area contributed by atoms with Gasteiger partial charge in [0.05, 0.1) is 18.2 Å². The highest BCUT2D eigenvalue weighted by Crippen LogP contribution is 2.31. The number of aliphatic hydroxyl groups is 1. The number of aliphatic hydroxyl groups excluding tert-OH is 1. The minimum atomic E-state index is -0.980. The lowest BCUT2D eigenvalue weighted by Gasteiger charge is -2.37. The molecule has 4 rings (SSSR count). The Morgan fingerprint density at radius 1 is 1.21 bits per heavy atom. The number of ether oxygens (including phenoxy) is 1. The van der Waals surface area contributed by atoms with Crippen LogP contribution >= 0.6 is 0 Å². The fraction of sp³-hybridized carbons (Fsp3) is 0.345. The fourth-order valence-electron chi connectivity index (χ4n) is 4.65. The minimum absolute atomic E-state index is 0.109. The van der Waals surface area contributed by atoms with Crippen LogP contribution in [0.1, 0.15) is 40.1 Å². The Bertz CT molecular complexity index is 1320. The van der Waals surface area contributed by atoms with Gasteiger partial charge in [0.15, 0.2) is 0 Å². The van der Waals surface area contributed by atoms with Gasteiger partial charge in [0.2, 0.25) is 5.88 Å². The monoisotopic (exact) mass is 521 g/mol. The number of benzene rings is 2. The molecule has 1 aliphatic rings. The predicted molar refractivity (Wildman–Crippen MR) is 141 cm³/mol. The predicted octanol–water partition coefficient (Wildman–Crippen LogP) is 3.94. The summed E-state index contributed by atoms with van der Waals surface area (Å²) in [5.74, 6) is -1.69. The molecule has 0 bridgehead atoms. The summed E-state index contributed by atoms with van der Waals surface area (Å²) in [4.78, 5) is 33.0. The number of aromatic carboxylic acids is 1. The maximum absolute atomic E-state index is 14.5. The number of carbonyl (C=O) groups is 2. The quantitative estimate of drug-likeness (QED) is 0.463. The van der Waals surface area contributed by atoms with Crippen LogP contribution in [0, 0.1) is 11.7 Å². The van der Waals surface area contributed by atoms with Crippen molar-refractivity contribution >= 4 is 11.9 Å². The summed E-state index contributed by atoms with van der Waals surface area (Å²) in [6, 6.07) is 14.2. The van der Waals surface area contributed by atoms with Crippen molar-refractivity contribution in [1.29, 1.82) is 0 Å². The van der Waals surface area contributed by atoms with Crippen molar-refractivity contribution in [3.05, 3.63) is 83.3 Å². The largest absolute Gasteiger partial charge is 0.478 e. The standard InChI is InChI=1S/C29H32FN3O5/c1-18-14-33(19(2)17-34)28(35)24-12-22(23-9-4-5-10-25(23)30)13-31-27(24)38-26(18)16-32(3)15-20-7-6-8-21(11-20)29(36)37/h4-13,18-19,26,34H,14-17H2,1-3H3,(H,36,37)/t18-,19+,26-/m0/s1. The van der Waals surface area contributed by atoms with Gasteiger partial charge < -0.3 is 19.8 Å². The molecule has 1 aliphatic heterocycles. The summed E-state index contributed by atoms with van der Waals surface area (Å²) >= 11 is 0. The number of likely N-dealkylation sites (N-methyl/N-ethyl adjacent to an activating group) is 1. The molecule has 8 nitrogen and oxygen atoms in total. The second-order valence-corrected chi connectivity index (χ2v) is 9.88. The van der Waals surface area contributed by atoms with Crippen LogP contribution in [0.5, 0.6) is 5.88 Å². The summed E-state index contributed by atoms with van der Waals surface area (Å²) in [5, 5.41) is 19.2. The second-order valence-electron chi connectivity index (χ2n) is 9.88. The molecule has 3 aromatic rings. The van der Waals surface area contributed by atoms with E-state index in [-0.39, 0.29) is 41.5 Å². The lowest BCUT2D eigenvalue weighted by Crippen LogP contribution is -2.49. The van der Waals surface area contributed by atoms with Crippen LogP contribution in [0.4, 0.5) is 4.39 Å². The number of nitrogens with zero attached hydrogens (tertiary/aromatic N) is 3. The molecule has 1 amide bonds. The third-order valence-corrected chi connectivity index (χ3v) is 6.82. The van der Waals surface area contributed by atoms with Crippen molar-refractivity contribution in [2.45, 2.75) is 32.5 Å². The summed E-state index contributed by atoms with van der Waals surface area (Å²) in [6.45, 7) is 4.86. The Labute approximate surface area is 221 Å². The van der Waals surface area contributed by atoms with Crippen molar-refractivity contribution in [1.82, 2.24) is 14.8 Å². The van der Waals surface area contributed by atoms with Gasteiger partial charge in [0, 0.05) is 42.9 Å². The highest BCUT2D eigenvalue weighted by atomic mass is 19.1. The first-order valence-corrected chi connectivity index (χ1v) is 12.5. The smallest absolute Gasteiger partial charge is 0.335 e. The van der Waals surface area contributed by atoms with E-state index in [2.05, 4.69) is 4.98 Å². The van der Waals surface area contributed by atoms with Gasteiger partial charge in [0.25, 0.3) is 5.91 Å². The number of carboxylic acids is 1. The van der Waals surface area contributed by atoms with Gasteiger partial charge >= 0.3 is 5.97 Å². The molecular weight excluding hydrogens is 489 g/mol. The van der Waals surface area contributed by atoms with E-state index in [0.29, 0.717) is 30.8 Å². The lowest BCUT2D eigenvalue weighted by atomic mass is 9.99. The molecule has 200 valence electrons. The number of pyridine rings is 1. The van der Waals surface area contributed by atoms with Gasteiger partial charge in [-0.1, -0.05) is 37.3 Å². The number of carboxylic acid groups (broad SMARTS) is 1.